The molecule has 2 aliphatic heterocycles. The highest BCUT2D eigenvalue weighted by atomic mass is 16.5. The normalized spacial score (nSPS) is 33.3. The van der Waals surface area contributed by atoms with Crippen molar-refractivity contribution in [2.75, 3.05) is 26.2 Å². The lowest BCUT2D eigenvalue weighted by atomic mass is 10.1. The van der Waals surface area contributed by atoms with Crippen molar-refractivity contribution in [3.8, 4) is 0 Å². The molecule has 3 aliphatic rings. The minimum absolute atomic E-state index is 0.0806. The number of hydrogen-bond donors (Lipinski definition) is 1. The van der Waals surface area contributed by atoms with Crippen molar-refractivity contribution in [2.45, 2.75) is 38.1 Å². The molecule has 0 aromatic heterocycles. The van der Waals surface area contributed by atoms with Crippen molar-refractivity contribution in [3.05, 3.63) is 35.9 Å². The number of morpholine rings is 1. The van der Waals surface area contributed by atoms with Gasteiger partial charge in [0.2, 0.25) is 0 Å². The smallest absolute Gasteiger partial charge is 0.317 e. The van der Waals surface area contributed by atoms with Crippen LogP contribution in [0.2, 0.25) is 0 Å². The molecule has 3 fully saturated rings. The molecule has 1 aromatic rings. The van der Waals surface area contributed by atoms with Gasteiger partial charge in [-0.15, -0.1) is 0 Å². The van der Waals surface area contributed by atoms with Crippen LogP contribution in [0.3, 0.4) is 0 Å². The summed E-state index contributed by atoms with van der Waals surface area (Å²) in [5.41, 5.74) is 1.32. The number of amides is 2. The molecular weight excluding hydrogens is 290 g/mol. The predicted octanol–water partition coefficient (Wildman–Crippen LogP) is 1.69. The van der Waals surface area contributed by atoms with Gasteiger partial charge in [-0.1, -0.05) is 37.3 Å². The van der Waals surface area contributed by atoms with Gasteiger partial charge in [0.1, 0.15) is 0 Å². The molecule has 5 nitrogen and oxygen atoms in total. The summed E-state index contributed by atoms with van der Waals surface area (Å²) in [4.78, 5) is 16.8. The van der Waals surface area contributed by atoms with Crippen LogP contribution < -0.4 is 5.32 Å². The second kappa shape index (κ2) is 6.13. The summed E-state index contributed by atoms with van der Waals surface area (Å²) >= 11 is 0. The zero-order chi connectivity index (χ0) is 15.8. The second-order valence-electron chi connectivity index (χ2n) is 7.11. The van der Waals surface area contributed by atoms with Gasteiger partial charge in [0, 0.05) is 25.7 Å². The molecule has 4 rings (SSSR count). The van der Waals surface area contributed by atoms with Crippen LogP contribution in [0.15, 0.2) is 30.3 Å². The maximum atomic E-state index is 12.4. The molecular formula is C18H25N3O2. The van der Waals surface area contributed by atoms with Crippen LogP contribution in [0.4, 0.5) is 4.79 Å². The van der Waals surface area contributed by atoms with Crippen LogP contribution in [0.25, 0.3) is 0 Å². The fourth-order valence-electron chi connectivity index (χ4n) is 3.71. The first-order valence-corrected chi connectivity index (χ1v) is 8.66. The summed E-state index contributed by atoms with van der Waals surface area (Å²) in [5, 5.41) is 3.13. The Kier molecular flexibility index (Phi) is 3.99. The Balaban J connectivity index is 1.39. The monoisotopic (exact) mass is 315 g/mol. The first-order valence-electron chi connectivity index (χ1n) is 8.66. The van der Waals surface area contributed by atoms with E-state index in [2.05, 4.69) is 41.4 Å². The Morgan fingerprint density at radius 3 is 2.83 bits per heavy atom. The average Bonchev–Trinajstić information content (AvgIpc) is 3.08. The van der Waals surface area contributed by atoms with Gasteiger partial charge in [-0.3, -0.25) is 4.90 Å². The van der Waals surface area contributed by atoms with Crippen LogP contribution in [-0.4, -0.2) is 60.3 Å². The Morgan fingerprint density at radius 1 is 1.30 bits per heavy atom. The lowest BCUT2D eigenvalue weighted by Crippen LogP contribution is -2.50. The summed E-state index contributed by atoms with van der Waals surface area (Å²) in [6.07, 6.45) is 1.26. The maximum Gasteiger partial charge on any atom is 0.317 e. The number of benzene rings is 1. The number of carbonyl (C=O) groups excluding carboxylic acids is 1. The van der Waals surface area contributed by atoms with Crippen molar-refractivity contribution >= 4 is 6.03 Å². The predicted molar refractivity (Wildman–Crippen MR) is 88.1 cm³/mol. The van der Waals surface area contributed by atoms with E-state index in [1.807, 2.05) is 11.0 Å². The maximum absolute atomic E-state index is 12.4. The zero-order valence-corrected chi connectivity index (χ0v) is 13.6. The van der Waals surface area contributed by atoms with E-state index < -0.39 is 0 Å². The van der Waals surface area contributed by atoms with E-state index in [0.717, 1.165) is 32.7 Å². The van der Waals surface area contributed by atoms with E-state index in [-0.39, 0.29) is 12.1 Å². The molecule has 5 heteroatoms. The minimum Gasteiger partial charge on any atom is -0.373 e. The van der Waals surface area contributed by atoms with E-state index in [4.69, 9.17) is 4.74 Å². The van der Waals surface area contributed by atoms with Gasteiger partial charge in [-0.05, 0) is 17.9 Å². The first kappa shape index (κ1) is 15.0. The largest absolute Gasteiger partial charge is 0.373 e. The van der Waals surface area contributed by atoms with Gasteiger partial charge in [0.15, 0.2) is 0 Å². The Morgan fingerprint density at radius 2 is 2.09 bits per heavy atom. The molecule has 1 aliphatic carbocycles. The number of ether oxygens (including phenoxy) is 1. The number of carbonyl (C=O) groups is 1. The topological polar surface area (TPSA) is 44.8 Å². The van der Waals surface area contributed by atoms with Crippen molar-refractivity contribution in [1.82, 2.24) is 15.1 Å². The summed E-state index contributed by atoms with van der Waals surface area (Å²) in [6.45, 7) is 6.28. The highest BCUT2D eigenvalue weighted by Crippen LogP contribution is 2.30. The van der Waals surface area contributed by atoms with Gasteiger partial charge in [-0.2, -0.15) is 0 Å². The van der Waals surface area contributed by atoms with E-state index in [0.29, 0.717) is 24.5 Å². The number of nitrogens with one attached hydrogen (secondary N) is 1. The molecule has 0 bridgehead atoms. The molecule has 1 N–H and O–H groups in total. The molecule has 4 atom stereocenters. The summed E-state index contributed by atoms with van der Waals surface area (Å²) in [7, 11) is 0. The molecule has 23 heavy (non-hydrogen) atoms. The number of nitrogens with zero attached hydrogens (tertiary/aromatic N) is 2. The molecule has 0 spiro atoms. The molecule has 2 heterocycles. The van der Waals surface area contributed by atoms with Gasteiger partial charge in [0.05, 0.1) is 25.3 Å². The van der Waals surface area contributed by atoms with E-state index in [1.165, 1.54) is 5.56 Å². The number of hydrogen-bond acceptors (Lipinski definition) is 3. The third-order valence-corrected chi connectivity index (χ3v) is 5.35. The van der Waals surface area contributed by atoms with Gasteiger partial charge in [-0.25, -0.2) is 4.79 Å². The van der Waals surface area contributed by atoms with Gasteiger partial charge >= 0.3 is 6.03 Å². The van der Waals surface area contributed by atoms with Crippen LogP contribution in [0.5, 0.6) is 0 Å². The van der Waals surface area contributed by atoms with Crippen LogP contribution in [-0.2, 0) is 11.3 Å². The molecule has 1 aromatic carbocycles. The van der Waals surface area contributed by atoms with Crippen LogP contribution in [0.1, 0.15) is 18.9 Å². The second-order valence-corrected chi connectivity index (χ2v) is 7.11. The van der Waals surface area contributed by atoms with Crippen molar-refractivity contribution in [3.63, 3.8) is 0 Å². The minimum atomic E-state index is 0.0806. The molecule has 0 radical (unpaired) electrons. The Labute approximate surface area is 137 Å². The Hall–Kier alpha value is -1.59. The van der Waals surface area contributed by atoms with E-state index in [1.54, 1.807) is 0 Å². The summed E-state index contributed by atoms with van der Waals surface area (Å²) < 4.78 is 5.93. The van der Waals surface area contributed by atoms with Crippen LogP contribution in [0, 0.1) is 5.92 Å². The van der Waals surface area contributed by atoms with Crippen molar-refractivity contribution in [2.24, 2.45) is 5.92 Å². The lowest BCUT2D eigenvalue weighted by Gasteiger charge is -2.36. The fourth-order valence-corrected chi connectivity index (χ4v) is 3.71. The van der Waals surface area contributed by atoms with Gasteiger partial charge < -0.3 is 15.0 Å². The SMILES string of the molecule is C[C@@H]1C[C@@H]1NC(=O)N1C[C@@H]2[C@@H](C1)OCCN2Cc1ccccc1. The number of urea groups is 1. The summed E-state index contributed by atoms with van der Waals surface area (Å²) in [5.74, 6) is 0.634. The third kappa shape index (κ3) is 3.21. The van der Waals surface area contributed by atoms with Crippen molar-refractivity contribution < 1.29 is 9.53 Å². The van der Waals surface area contributed by atoms with Crippen LogP contribution >= 0.6 is 0 Å². The number of fused-ring (bicyclic) bond motifs is 1. The quantitative estimate of drug-likeness (QED) is 0.923. The van der Waals surface area contributed by atoms with Gasteiger partial charge in [0.25, 0.3) is 0 Å². The first-order chi connectivity index (χ1) is 11.2. The molecule has 1 saturated carbocycles. The fraction of sp³-hybridized carbons (Fsp3) is 0.611. The standard InChI is InChI=1S/C18H25N3O2/c1-13-9-15(13)19-18(22)21-11-16-17(12-21)23-8-7-20(16)10-14-5-3-2-4-6-14/h2-6,13,15-17H,7-12H2,1H3,(H,19,22)/t13-,15+,16-,17-/m1/s1. The van der Waals surface area contributed by atoms with E-state index >= 15 is 0 Å². The number of rotatable bonds is 3. The highest BCUT2D eigenvalue weighted by Gasteiger charge is 2.43. The van der Waals surface area contributed by atoms with Crippen molar-refractivity contribution in [1.29, 1.82) is 0 Å². The van der Waals surface area contributed by atoms with E-state index in [9.17, 15) is 4.79 Å². The average molecular weight is 315 g/mol. The zero-order valence-electron chi connectivity index (χ0n) is 13.6. The molecule has 124 valence electrons. The molecule has 0 unspecified atom stereocenters. The summed E-state index contributed by atoms with van der Waals surface area (Å²) in [6, 6.07) is 11.3. The lowest BCUT2D eigenvalue weighted by molar-refractivity contribution is -0.0503. The third-order valence-electron chi connectivity index (χ3n) is 5.35. The Bertz CT molecular complexity index is 565. The highest BCUT2D eigenvalue weighted by molar-refractivity contribution is 5.75. The number of likely N-dealkylation sites (tertiary alicyclic amines) is 1. The molecule has 2 amide bonds. The molecule has 2 saturated heterocycles.